The zero-order chi connectivity index (χ0) is 19.6. The lowest BCUT2D eigenvalue weighted by Gasteiger charge is -2.23. The van der Waals surface area contributed by atoms with Crippen LogP contribution in [0.2, 0.25) is 0 Å². The predicted molar refractivity (Wildman–Crippen MR) is 111 cm³/mol. The Hall–Kier alpha value is -2.05. The van der Waals surface area contributed by atoms with Crippen molar-refractivity contribution >= 4 is 17.2 Å². The van der Waals surface area contributed by atoms with Crippen LogP contribution < -0.4 is 14.8 Å². The highest BCUT2D eigenvalue weighted by Crippen LogP contribution is 2.28. The topological polar surface area (TPSA) is 50.8 Å². The summed E-state index contributed by atoms with van der Waals surface area (Å²) in [6.07, 6.45) is 1.78. The third-order valence-corrected chi connectivity index (χ3v) is 5.48. The normalized spacial score (nSPS) is 10.7. The van der Waals surface area contributed by atoms with Gasteiger partial charge < -0.3 is 19.7 Å². The van der Waals surface area contributed by atoms with Crippen molar-refractivity contribution in [1.29, 1.82) is 0 Å². The maximum absolute atomic E-state index is 12.7. The molecule has 0 saturated heterocycles. The molecule has 0 saturated carbocycles. The van der Waals surface area contributed by atoms with Crippen molar-refractivity contribution in [2.45, 2.75) is 33.2 Å². The lowest BCUT2D eigenvalue weighted by molar-refractivity contribution is -0.130. The van der Waals surface area contributed by atoms with Crippen LogP contribution in [-0.2, 0) is 17.8 Å². The van der Waals surface area contributed by atoms with Gasteiger partial charge in [0.25, 0.3) is 0 Å². The second kappa shape index (κ2) is 10.9. The highest BCUT2D eigenvalue weighted by molar-refractivity contribution is 7.10. The Morgan fingerprint density at radius 3 is 2.59 bits per heavy atom. The number of hydrogen-bond acceptors (Lipinski definition) is 5. The Balaban J connectivity index is 2.06. The second-order valence-corrected chi connectivity index (χ2v) is 7.46. The number of hydrogen-bond donors (Lipinski definition) is 1. The second-order valence-electron chi connectivity index (χ2n) is 6.46. The van der Waals surface area contributed by atoms with Gasteiger partial charge in [-0.15, -0.1) is 11.3 Å². The fraction of sp³-hybridized carbons (Fsp3) is 0.476. The smallest absolute Gasteiger partial charge is 0.236 e. The molecule has 1 N–H and O–H groups in total. The van der Waals surface area contributed by atoms with E-state index in [4.69, 9.17) is 9.47 Å². The Morgan fingerprint density at radius 2 is 1.96 bits per heavy atom. The summed E-state index contributed by atoms with van der Waals surface area (Å²) in [4.78, 5) is 15.9. The van der Waals surface area contributed by atoms with Gasteiger partial charge in [-0.2, -0.15) is 0 Å². The molecular formula is C21H30N2O3S. The Kier molecular flexibility index (Phi) is 8.61. The van der Waals surface area contributed by atoms with Crippen LogP contribution in [0.4, 0.5) is 0 Å². The fourth-order valence-electron chi connectivity index (χ4n) is 2.82. The predicted octanol–water partition coefficient (Wildman–Crippen LogP) is 3.64. The first-order valence-corrected chi connectivity index (χ1v) is 10.2. The van der Waals surface area contributed by atoms with Gasteiger partial charge in [-0.25, -0.2) is 0 Å². The summed E-state index contributed by atoms with van der Waals surface area (Å²) < 4.78 is 10.7. The van der Waals surface area contributed by atoms with Crippen LogP contribution >= 0.6 is 11.3 Å². The summed E-state index contributed by atoms with van der Waals surface area (Å²) in [7, 11) is 3.26. The minimum absolute atomic E-state index is 0.136. The van der Waals surface area contributed by atoms with Crippen molar-refractivity contribution < 1.29 is 14.3 Å². The quantitative estimate of drug-likeness (QED) is 0.595. The van der Waals surface area contributed by atoms with E-state index in [2.05, 4.69) is 30.6 Å². The molecule has 0 spiro atoms. The van der Waals surface area contributed by atoms with Gasteiger partial charge in [-0.3, -0.25) is 4.79 Å². The largest absolute Gasteiger partial charge is 0.493 e. The molecule has 0 atom stereocenters. The summed E-state index contributed by atoms with van der Waals surface area (Å²) >= 11 is 1.71. The van der Waals surface area contributed by atoms with E-state index in [-0.39, 0.29) is 5.91 Å². The van der Waals surface area contributed by atoms with Gasteiger partial charge in [0.05, 0.1) is 27.3 Å². The van der Waals surface area contributed by atoms with Crippen molar-refractivity contribution in [3.63, 3.8) is 0 Å². The zero-order valence-electron chi connectivity index (χ0n) is 16.7. The number of carbonyl (C=O) groups excluding carboxylic acids is 1. The zero-order valence-corrected chi connectivity index (χ0v) is 17.5. The SMILES string of the molecule is CCCNCC(=O)N(CCc1ccc(OC)c(OC)c1)Cc1sccc1C. The first-order valence-electron chi connectivity index (χ1n) is 9.31. The number of amides is 1. The van der Waals surface area contributed by atoms with Gasteiger partial charge in [0.15, 0.2) is 11.5 Å². The molecule has 2 aromatic rings. The number of carbonyl (C=O) groups is 1. The van der Waals surface area contributed by atoms with E-state index in [1.165, 1.54) is 10.4 Å². The minimum atomic E-state index is 0.136. The van der Waals surface area contributed by atoms with Gasteiger partial charge in [0.2, 0.25) is 5.91 Å². The first kappa shape index (κ1) is 21.3. The van der Waals surface area contributed by atoms with Gasteiger partial charge in [-0.1, -0.05) is 13.0 Å². The lowest BCUT2D eigenvalue weighted by atomic mass is 10.1. The molecular weight excluding hydrogens is 360 g/mol. The summed E-state index contributed by atoms with van der Waals surface area (Å²) in [5.41, 5.74) is 2.36. The van der Waals surface area contributed by atoms with E-state index in [9.17, 15) is 4.79 Å². The average molecular weight is 391 g/mol. The molecule has 1 heterocycles. The minimum Gasteiger partial charge on any atom is -0.493 e. The number of methoxy groups -OCH3 is 2. The van der Waals surface area contributed by atoms with E-state index < -0.39 is 0 Å². The first-order chi connectivity index (χ1) is 13.1. The summed E-state index contributed by atoms with van der Waals surface area (Å²) in [6.45, 7) is 6.75. The molecule has 2 rings (SSSR count). The molecule has 0 radical (unpaired) electrons. The molecule has 0 aliphatic carbocycles. The van der Waals surface area contributed by atoms with E-state index >= 15 is 0 Å². The number of rotatable bonds is 11. The third-order valence-electron chi connectivity index (χ3n) is 4.48. The molecule has 0 fully saturated rings. The van der Waals surface area contributed by atoms with Gasteiger partial charge in [0, 0.05) is 11.4 Å². The maximum Gasteiger partial charge on any atom is 0.236 e. The fourth-order valence-corrected chi connectivity index (χ4v) is 3.74. The number of thiophene rings is 1. The molecule has 0 aliphatic rings. The van der Waals surface area contributed by atoms with Crippen LogP contribution in [-0.4, -0.2) is 44.7 Å². The van der Waals surface area contributed by atoms with Crippen LogP contribution in [0.1, 0.15) is 29.3 Å². The molecule has 1 amide bonds. The standard InChI is InChI=1S/C21H30N2O3S/c1-5-10-22-14-21(24)23(15-20-16(2)9-12-27-20)11-8-17-6-7-18(25-3)19(13-17)26-4/h6-7,9,12-13,22H,5,8,10-11,14-15H2,1-4H3. The number of aryl methyl sites for hydroxylation is 1. The van der Waals surface area contributed by atoms with Crippen LogP contribution in [0.3, 0.4) is 0 Å². The summed E-state index contributed by atoms with van der Waals surface area (Å²) in [5.74, 6) is 1.57. The van der Waals surface area contributed by atoms with Gasteiger partial charge in [0.1, 0.15) is 0 Å². The average Bonchev–Trinajstić information content (AvgIpc) is 3.09. The van der Waals surface area contributed by atoms with Crippen molar-refractivity contribution in [3.05, 3.63) is 45.6 Å². The highest BCUT2D eigenvalue weighted by Gasteiger charge is 2.16. The molecule has 6 heteroatoms. The van der Waals surface area contributed by atoms with Crippen molar-refractivity contribution in [2.24, 2.45) is 0 Å². The third kappa shape index (κ3) is 6.26. The van der Waals surface area contributed by atoms with E-state index in [0.717, 1.165) is 24.9 Å². The molecule has 0 aliphatic heterocycles. The summed E-state index contributed by atoms with van der Waals surface area (Å²) in [6, 6.07) is 8.02. The van der Waals surface area contributed by atoms with Gasteiger partial charge >= 0.3 is 0 Å². The molecule has 0 unspecified atom stereocenters. The van der Waals surface area contributed by atoms with Gasteiger partial charge in [-0.05, 0) is 61.0 Å². The van der Waals surface area contributed by atoms with Crippen LogP contribution in [0, 0.1) is 6.92 Å². The molecule has 27 heavy (non-hydrogen) atoms. The Labute approximate surface area is 166 Å². The summed E-state index contributed by atoms with van der Waals surface area (Å²) in [5, 5.41) is 5.30. The number of benzene rings is 1. The molecule has 1 aromatic heterocycles. The van der Waals surface area contributed by atoms with E-state index in [1.807, 2.05) is 23.1 Å². The van der Waals surface area contributed by atoms with Crippen molar-refractivity contribution in [3.8, 4) is 11.5 Å². The maximum atomic E-state index is 12.7. The molecule has 0 bridgehead atoms. The monoisotopic (exact) mass is 390 g/mol. The molecule has 1 aromatic carbocycles. The van der Waals surface area contributed by atoms with Crippen molar-refractivity contribution in [1.82, 2.24) is 10.2 Å². The Bertz CT molecular complexity index is 730. The number of ether oxygens (including phenoxy) is 2. The lowest BCUT2D eigenvalue weighted by Crippen LogP contribution is -2.39. The number of nitrogens with zero attached hydrogens (tertiary/aromatic N) is 1. The van der Waals surface area contributed by atoms with Crippen molar-refractivity contribution in [2.75, 3.05) is 33.9 Å². The van der Waals surface area contributed by atoms with Crippen LogP contribution in [0.5, 0.6) is 11.5 Å². The van der Waals surface area contributed by atoms with Crippen LogP contribution in [0.15, 0.2) is 29.6 Å². The molecule has 148 valence electrons. The highest BCUT2D eigenvalue weighted by atomic mass is 32.1. The van der Waals surface area contributed by atoms with Crippen LogP contribution in [0.25, 0.3) is 0 Å². The van der Waals surface area contributed by atoms with E-state index in [0.29, 0.717) is 31.1 Å². The van der Waals surface area contributed by atoms with E-state index in [1.54, 1.807) is 25.6 Å². The number of nitrogens with one attached hydrogen (secondary N) is 1. The molecule has 5 nitrogen and oxygen atoms in total. The Morgan fingerprint density at radius 1 is 1.19 bits per heavy atom.